The van der Waals surface area contributed by atoms with E-state index >= 15 is 0 Å². The quantitative estimate of drug-likeness (QED) is 0.292. The van der Waals surface area contributed by atoms with Gasteiger partial charge >= 0.3 is 0 Å². The molecular weight excluding hydrogens is 513 g/mol. The molecule has 0 radical (unpaired) electrons. The smallest absolute Gasteiger partial charge is 0.205 e. The Morgan fingerprint density at radius 1 is 1.27 bits per heavy atom. The van der Waals surface area contributed by atoms with Gasteiger partial charge in [-0.25, -0.2) is 9.97 Å². The van der Waals surface area contributed by atoms with Gasteiger partial charge in [-0.2, -0.15) is 9.47 Å². The van der Waals surface area contributed by atoms with E-state index in [0.29, 0.717) is 6.54 Å². The molecule has 1 aliphatic rings. The van der Waals surface area contributed by atoms with Gasteiger partial charge in [-0.1, -0.05) is 25.1 Å². The number of piperazine rings is 1. The highest BCUT2D eigenvalue weighted by Gasteiger charge is 2.22. The van der Waals surface area contributed by atoms with Crippen molar-refractivity contribution in [3.05, 3.63) is 42.0 Å². The van der Waals surface area contributed by atoms with Crippen LogP contribution in [0.15, 0.2) is 35.6 Å². The Balaban J connectivity index is 0.00000256. The summed E-state index contributed by atoms with van der Waals surface area (Å²) in [5.74, 6) is 2.62. The van der Waals surface area contributed by atoms with Crippen molar-refractivity contribution in [3.63, 3.8) is 0 Å². The zero-order chi connectivity index (χ0) is 20.1. The normalized spacial score (nSPS) is 14.5. The average molecular weight is 539 g/mol. The molecule has 1 aliphatic heterocycles. The van der Waals surface area contributed by atoms with Crippen molar-refractivity contribution in [2.24, 2.45) is 4.99 Å². The maximum Gasteiger partial charge on any atom is 0.205 e. The van der Waals surface area contributed by atoms with Gasteiger partial charge in [0.25, 0.3) is 0 Å². The molecule has 0 aliphatic carbocycles. The molecular formula is C19H26IN9S. The maximum atomic E-state index is 4.60. The number of nitrogens with zero attached hydrogens (tertiary/aromatic N) is 7. The molecule has 2 N–H and O–H groups in total. The van der Waals surface area contributed by atoms with Crippen LogP contribution in [0, 0.1) is 0 Å². The van der Waals surface area contributed by atoms with Crippen LogP contribution >= 0.6 is 35.5 Å². The first-order valence-electron chi connectivity index (χ1n) is 9.74. The number of nitrogens with one attached hydrogen (secondary N) is 2. The molecule has 9 nitrogen and oxygen atoms in total. The lowest BCUT2D eigenvalue weighted by Gasteiger charge is -2.36. The Hall–Kier alpha value is -2.28. The highest BCUT2D eigenvalue weighted by molar-refractivity contribution is 14.0. The van der Waals surface area contributed by atoms with E-state index in [9.17, 15) is 0 Å². The zero-order valence-corrected chi connectivity index (χ0v) is 20.2. The molecule has 0 atom stereocenters. The Kier molecular flexibility index (Phi) is 7.96. The molecule has 1 fully saturated rings. The molecule has 0 spiro atoms. The number of aliphatic imine (C=N–C) groups is 1. The van der Waals surface area contributed by atoms with Crippen molar-refractivity contribution in [2.75, 3.05) is 38.1 Å². The first kappa shape index (κ1) is 22.4. The second-order valence-electron chi connectivity index (χ2n) is 6.76. The molecule has 1 aromatic carbocycles. The lowest BCUT2D eigenvalue weighted by molar-refractivity contribution is 0.372. The number of aryl methyl sites for hydroxylation is 1. The third-order valence-electron chi connectivity index (χ3n) is 4.90. The maximum absolute atomic E-state index is 4.60. The van der Waals surface area contributed by atoms with Gasteiger partial charge in [0.2, 0.25) is 5.13 Å². The van der Waals surface area contributed by atoms with E-state index in [1.807, 2.05) is 19.2 Å². The van der Waals surface area contributed by atoms with E-state index in [2.05, 4.69) is 63.7 Å². The molecule has 0 unspecified atom stereocenters. The number of guanidine groups is 1. The second-order valence-corrected chi connectivity index (χ2v) is 7.49. The molecule has 0 bridgehead atoms. The van der Waals surface area contributed by atoms with Crippen LogP contribution in [0.3, 0.4) is 0 Å². The molecule has 30 heavy (non-hydrogen) atoms. The number of aromatic nitrogens is 5. The Bertz CT molecular complexity index is 949. The predicted molar refractivity (Wildman–Crippen MR) is 131 cm³/mol. The third-order valence-corrected chi connectivity index (χ3v) is 5.72. The van der Waals surface area contributed by atoms with Crippen LogP contribution in [0.4, 0.5) is 5.13 Å². The van der Waals surface area contributed by atoms with Crippen LogP contribution < -0.4 is 10.2 Å². The molecule has 3 aromatic rings. The largest absolute Gasteiger partial charge is 0.352 e. The van der Waals surface area contributed by atoms with Crippen LogP contribution in [0.25, 0.3) is 11.4 Å². The van der Waals surface area contributed by atoms with Crippen LogP contribution in [0.1, 0.15) is 18.3 Å². The summed E-state index contributed by atoms with van der Waals surface area (Å²) in [6.45, 7) is 6.42. The van der Waals surface area contributed by atoms with Gasteiger partial charge in [-0.05, 0) is 11.6 Å². The van der Waals surface area contributed by atoms with Gasteiger partial charge in [-0.3, -0.25) is 10.1 Å². The van der Waals surface area contributed by atoms with E-state index in [1.54, 1.807) is 0 Å². The van der Waals surface area contributed by atoms with Crippen LogP contribution in [-0.4, -0.2) is 68.6 Å². The number of rotatable bonds is 5. The summed E-state index contributed by atoms with van der Waals surface area (Å²) in [5.41, 5.74) is 2.19. The van der Waals surface area contributed by atoms with E-state index < -0.39 is 0 Å². The van der Waals surface area contributed by atoms with Crippen LogP contribution in [0.2, 0.25) is 0 Å². The molecule has 1 saturated heterocycles. The topological polar surface area (TPSA) is 98.2 Å². The summed E-state index contributed by atoms with van der Waals surface area (Å²) in [5, 5.41) is 11.3. The SMILES string of the molecule is CCc1nsc(N2CCN(C(=NC)NCc3cccc(-c4ncn[nH]4)c3)CC2)n1.I. The Morgan fingerprint density at radius 3 is 2.77 bits per heavy atom. The standard InChI is InChI=1S/C19H25N9S.HI/c1-3-16-24-19(29-26-16)28-9-7-27(8-10-28)18(20-2)21-12-14-5-4-6-15(11-14)17-22-13-23-25-17;/h4-6,11,13H,3,7-10,12H2,1-2H3,(H,20,21)(H,22,23,25);1H. The second kappa shape index (κ2) is 10.7. The highest BCUT2D eigenvalue weighted by Crippen LogP contribution is 2.19. The third kappa shape index (κ3) is 5.25. The van der Waals surface area contributed by atoms with E-state index in [-0.39, 0.29) is 24.0 Å². The lowest BCUT2D eigenvalue weighted by atomic mass is 10.1. The number of hydrogen-bond donors (Lipinski definition) is 2. The summed E-state index contributed by atoms with van der Waals surface area (Å²) in [7, 11) is 1.83. The molecule has 4 rings (SSSR count). The molecule has 11 heteroatoms. The van der Waals surface area contributed by atoms with E-state index in [1.165, 1.54) is 23.4 Å². The molecule has 3 heterocycles. The number of benzene rings is 1. The predicted octanol–water partition coefficient (Wildman–Crippen LogP) is 2.40. The zero-order valence-electron chi connectivity index (χ0n) is 17.1. The van der Waals surface area contributed by atoms with Crippen molar-refractivity contribution in [1.29, 1.82) is 0 Å². The summed E-state index contributed by atoms with van der Waals surface area (Å²) in [6, 6.07) is 8.26. The number of aromatic amines is 1. The summed E-state index contributed by atoms with van der Waals surface area (Å²) in [6.07, 6.45) is 2.40. The highest BCUT2D eigenvalue weighted by atomic mass is 127. The Morgan fingerprint density at radius 2 is 2.10 bits per heavy atom. The number of H-pyrrole nitrogens is 1. The van der Waals surface area contributed by atoms with Gasteiger partial charge in [0.1, 0.15) is 12.2 Å². The summed E-state index contributed by atoms with van der Waals surface area (Å²) in [4.78, 5) is 17.9. The Labute approximate surface area is 197 Å². The van der Waals surface area contributed by atoms with Gasteiger partial charge in [0, 0.05) is 63.3 Å². The van der Waals surface area contributed by atoms with Gasteiger partial charge < -0.3 is 15.1 Å². The first-order valence-corrected chi connectivity index (χ1v) is 10.5. The molecule has 0 saturated carbocycles. The van der Waals surface area contributed by atoms with Gasteiger partial charge in [-0.15, -0.1) is 24.0 Å². The average Bonchev–Trinajstić information content (AvgIpc) is 3.47. The minimum Gasteiger partial charge on any atom is -0.352 e. The van der Waals surface area contributed by atoms with E-state index in [4.69, 9.17) is 0 Å². The fourth-order valence-electron chi connectivity index (χ4n) is 3.31. The van der Waals surface area contributed by atoms with Crippen molar-refractivity contribution in [1.82, 2.24) is 34.8 Å². The van der Waals surface area contributed by atoms with Crippen molar-refractivity contribution in [2.45, 2.75) is 19.9 Å². The van der Waals surface area contributed by atoms with Crippen molar-refractivity contribution >= 4 is 46.6 Å². The van der Waals surface area contributed by atoms with Gasteiger partial charge in [0.15, 0.2) is 11.8 Å². The molecule has 2 aromatic heterocycles. The van der Waals surface area contributed by atoms with Crippen LogP contribution in [-0.2, 0) is 13.0 Å². The summed E-state index contributed by atoms with van der Waals surface area (Å²) >= 11 is 1.49. The fourth-order valence-corrected chi connectivity index (χ4v) is 4.11. The number of hydrogen-bond acceptors (Lipinski definition) is 7. The molecule has 160 valence electrons. The van der Waals surface area contributed by atoms with E-state index in [0.717, 1.165) is 60.9 Å². The van der Waals surface area contributed by atoms with Crippen molar-refractivity contribution < 1.29 is 0 Å². The fraction of sp³-hybridized carbons (Fsp3) is 0.421. The number of halogens is 1. The lowest BCUT2D eigenvalue weighted by Crippen LogP contribution is -2.52. The monoisotopic (exact) mass is 539 g/mol. The first-order chi connectivity index (χ1) is 14.3. The minimum absolute atomic E-state index is 0. The van der Waals surface area contributed by atoms with Gasteiger partial charge in [0.05, 0.1) is 0 Å². The van der Waals surface area contributed by atoms with Crippen molar-refractivity contribution in [3.8, 4) is 11.4 Å². The number of anilines is 1. The molecule has 0 amide bonds. The van der Waals surface area contributed by atoms with Crippen LogP contribution in [0.5, 0.6) is 0 Å². The minimum atomic E-state index is 0. The summed E-state index contributed by atoms with van der Waals surface area (Å²) < 4.78 is 4.40.